The number of rotatable bonds is 6. The zero-order chi connectivity index (χ0) is 20.1. The lowest BCUT2D eigenvalue weighted by atomic mass is 10.1. The zero-order valence-corrected chi connectivity index (χ0v) is 15.4. The van der Waals surface area contributed by atoms with E-state index in [0.717, 1.165) is 5.56 Å². The summed E-state index contributed by atoms with van der Waals surface area (Å²) in [6, 6.07) is 21.2. The number of ether oxygens (including phenoxy) is 1. The molecule has 3 aromatic rings. The molecule has 0 heterocycles. The van der Waals surface area contributed by atoms with Gasteiger partial charge in [-0.25, -0.2) is 4.79 Å². The summed E-state index contributed by atoms with van der Waals surface area (Å²) < 4.78 is 4.90. The Morgan fingerprint density at radius 2 is 1.71 bits per heavy atom. The molecule has 0 bridgehead atoms. The summed E-state index contributed by atoms with van der Waals surface area (Å²) in [5.41, 5.74) is 2.62. The van der Waals surface area contributed by atoms with Crippen LogP contribution in [0.1, 0.15) is 21.5 Å². The van der Waals surface area contributed by atoms with Crippen LogP contribution in [-0.2, 0) is 11.3 Å². The van der Waals surface area contributed by atoms with E-state index >= 15 is 0 Å². The summed E-state index contributed by atoms with van der Waals surface area (Å²) >= 11 is 0. The molecule has 0 aliphatic rings. The number of anilines is 2. The van der Waals surface area contributed by atoms with Gasteiger partial charge in [0.1, 0.15) is 5.69 Å². The van der Waals surface area contributed by atoms with Crippen LogP contribution in [0.3, 0.4) is 0 Å². The van der Waals surface area contributed by atoms with Crippen molar-refractivity contribution in [3.8, 4) is 0 Å². The molecule has 141 valence electrons. The van der Waals surface area contributed by atoms with Gasteiger partial charge in [0, 0.05) is 12.6 Å². The van der Waals surface area contributed by atoms with Crippen LogP contribution in [0.15, 0.2) is 72.8 Å². The molecule has 0 saturated carbocycles. The van der Waals surface area contributed by atoms with Crippen LogP contribution in [0, 0.1) is 17.0 Å². The molecule has 0 spiro atoms. The highest BCUT2D eigenvalue weighted by Gasteiger charge is 2.25. The van der Waals surface area contributed by atoms with Crippen LogP contribution in [0.5, 0.6) is 0 Å². The first-order valence-electron chi connectivity index (χ1n) is 8.60. The standard InChI is InChI=1S/C22H19N2O4/c1-16-12-13-20(21(14-16)24(26)27)23(15-17-8-4-3-5-9-17)19-11-7-6-10-18(19)22(25)28-2/h3-14H,1,15H2,2H3. The van der Waals surface area contributed by atoms with Crippen molar-refractivity contribution in [2.45, 2.75) is 6.54 Å². The van der Waals surface area contributed by atoms with E-state index in [0.29, 0.717) is 29.0 Å². The van der Waals surface area contributed by atoms with Crippen LogP contribution in [0.25, 0.3) is 0 Å². The monoisotopic (exact) mass is 375 g/mol. The number of benzene rings is 3. The first-order valence-corrected chi connectivity index (χ1v) is 8.60. The molecule has 0 N–H and O–H groups in total. The Balaban J connectivity index is 2.21. The van der Waals surface area contributed by atoms with Gasteiger partial charge in [-0.15, -0.1) is 0 Å². The Labute approximate surface area is 163 Å². The van der Waals surface area contributed by atoms with E-state index in [2.05, 4.69) is 6.92 Å². The molecule has 28 heavy (non-hydrogen) atoms. The van der Waals surface area contributed by atoms with Crippen LogP contribution in [0.2, 0.25) is 0 Å². The number of hydrogen-bond donors (Lipinski definition) is 0. The third kappa shape index (κ3) is 4.01. The predicted molar refractivity (Wildman–Crippen MR) is 108 cm³/mol. The smallest absolute Gasteiger partial charge is 0.339 e. The second-order valence-corrected chi connectivity index (χ2v) is 6.16. The quantitative estimate of drug-likeness (QED) is 0.348. The highest BCUT2D eigenvalue weighted by molar-refractivity contribution is 5.97. The lowest BCUT2D eigenvalue weighted by Gasteiger charge is -2.26. The molecule has 0 amide bonds. The van der Waals surface area contributed by atoms with Gasteiger partial charge in [-0.05, 0) is 36.2 Å². The van der Waals surface area contributed by atoms with Crippen LogP contribution < -0.4 is 4.90 Å². The van der Waals surface area contributed by atoms with E-state index in [9.17, 15) is 14.9 Å². The van der Waals surface area contributed by atoms with Crippen molar-refractivity contribution in [3.63, 3.8) is 0 Å². The molecule has 3 aromatic carbocycles. The van der Waals surface area contributed by atoms with Gasteiger partial charge in [0.05, 0.1) is 23.3 Å². The van der Waals surface area contributed by atoms with Gasteiger partial charge >= 0.3 is 5.97 Å². The van der Waals surface area contributed by atoms with Gasteiger partial charge in [0.15, 0.2) is 0 Å². The van der Waals surface area contributed by atoms with Crippen molar-refractivity contribution in [2.24, 2.45) is 0 Å². The summed E-state index contributed by atoms with van der Waals surface area (Å²) in [7, 11) is 1.31. The largest absolute Gasteiger partial charge is 0.465 e. The molecule has 0 aromatic heterocycles. The van der Waals surface area contributed by atoms with Crippen molar-refractivity contribution in [2.75, 3.05) is 12.0 Å². The summed E-state index contributed by atoms with van der Waals surface area (Å²) in [5, 5.41) is 11.7. The molecule has 0 unspecified atom stereocenters. The second kappa shape index (κ2) is 8.35. The maximum absolute atomic E-state index is 12.3. The van der Waals surface area contributed by atoms with Crippen LogP contribution >= 0.6 is 0 Å². The normalized spacial score (nSPS) is 10.4. The maximum Gasteiger partial charge on any atom is 0.339 e. The molecule has 0 saturated heterocycles. The minimum absolute atomic E-state index is 0.0805. The molecular formula is C22H19N2O4. The lowest BCUT2D eigenvalue weighted by molar-refractivity contribution is -0.384. The van der Waals surface area contributed by atoms with Crippen molar-refractivity contribution < 1.29 is 14.5 Å². The molecule has 0 aliphatic heterocycles. The molecule has 0 atom stereocenters. The Kier molecular flexibility index (Phi) is 5.69. The summed E-state index contributed by atoms with van der Waals surface area (Å²) in [6.07, 6.45) is 0. The molecule has 0 fully saturated rings. The zero-order valence-electron chi connectivity index (χ0n) is 15.4. The average Bonchev–Trinajstić information content (AvgIpc) is 2.72. The van der Waals surface area contributed by atoms with E-state index in [-0.39, 0.29) is 5.69 Å². The van der Waals surface area contributed by atoms with Gasteiger partial charge in [-0.3, -0.25) is 10.1 Å². The second-order valence-electron chi connectivity index (χ2n) is 6.16. The van der Waals surface area contributed by atoms with E-state index in [1.807, 2.05) is 30.3 Å². The maximum atomic E-state index is 12.3. The van der Waals surface area contributed by atoms with Gasteiger partial charge in [0.25, 0.3) is 5.69 Å². The molecule has 6 nitrogen and oxygen atoms in total. The first kappa shape index (κ1) is 19.1. The fourth-order valence-electron chi connectivity index (χ4n) is 3.00. The Morgan fingerprint density at radius 3 is 2.39 bits per heavy atom. The fraction of sp³-hybridized carbons (Fsp3) is 0.0909. The first-order chi connectivity index (χ1) is 13.5. The number of nitro benzene ring substituents is 1. The number of methoxy groups -OCH3 is 1. The topological polar surface area (TPSA) is 72.7 Å². The number of esters is 1. The molecular weight excluding hydrogens is 356 g/mol. The molecule has 1 radical (unpaired) electrons. The van der Waals surface area contributed by atoms with Crippen molar-refractivity contribution in [3.05, 3.63) is 107 Å². The average molecular weight is 375 g/mol. The SMILES string of the molecule is [CH2]c1ccc(N(Cc2ccccc2)c2ccccc2C(=O)OC)c([N+](=O)[O-])c1. The third-order valence-corrected chi connectivity index (χ3v) is 4.31. The predicted octanol–water partition coefficient (Wildman–Crippen LogP) is 4.90. The number of carbonyl (C=O) groups excluding carboxylic acids is 1. The van der Waals surface area contributed by atoms with E-state index in [1.165, 1.54) is 13.2 Å². The van der Waals surface area contributed by atoms with Crippen molar-refractivity contribution in [1.29, 1.82) is 0 Å². The molecule has 3 rings (SSSR count). The highest BCUT2D eigenvalue weighted by atomic mass is 16.6. The van der Waals surface area contributed by atoms with Crippen LogP contribution in [0.4, 0.5) is 17.1 Å². The third-order valence-electron chi connectivity index (χ3n) is 4.31. The van der Waals surface area contributed by atoms with E-state index in [4.69, 9.17) is 4.74 Å². The number of carbonyl (C=O) groups is 1. The fourth-order valence-corrected chi connectivity index (χ4v) is 3.00. The van der Waals surface area contributed by atoms with Gasteiger partial charge in [-0.2, -0.15) is 0 Å². The van der Waals surface area contributed by atoms with Crippen LogP contribution in [-0.4, -0.2) is 18.0 Å². The van der Waals surface area contributed by atoms with Crippen molar-refractivity contribution in [1.82, 2.24) is 0 Å². The van der Waals surface area contributed by atoms with E-state index < -0.39 is 10.9 Å². The van der Waals surface area contributed by atoms with Gasteiger partial charge < -0.3 is 9.64 Å². The lowest BCUT2D eigenvalue weighted by Crippen LogP contribution is -2.21. The Bertz CT molecular complexity index is 1000. The van der Waals surface area contributed by atoms with E-state index in [1.54, 1.807) is 41.3 Å². The minimum atomic E-state index is -0.509. The number of nitro groups is 1. The minimum Gasteiger partial charge on any atom is -0.465 e. The molecule has 6 heteroatoms. The highest BCUT2D eigenvalue weighted by Crippen LogP contribution is 2.37. The summed E-state index contributed by atoms with van der Waals surface area (Å²) in [4.78, 5) is 25.3. The van der Waals surface area contributed by atoms with Gasteiger partial charge in [0.2, 0.25) is 0 Å². The van der Waals surface area contributed by atoms with Gasteiger partial charge in [-0.1, -0.05) is 48.5 Å². The number of nitrogens with zero attached hydrogens (tertiary/aromatic N) is 2. The number of hydrogen-bond acceptors (Lipinski definition) is 5. The summed E-state index contributed by atoms with van der Waals surface area (Å²) in [5.74, 6) is -0.509. The summed E-state index contributed by atoms with van der Waals surface area (Å²) in [6.45, 7) is 4.12. The Morgan fingerprint density at radius 1 is 1.04 bits per heavy atom. The molecule has 0 aliphatic carbocycles. The Hall–Kier alpha value is -3.67. The number of para-hydroxylation sites is 1. The van der Waals surface area contributed by atoms with Crippen molar-refractivity contribution >= 4 is 23.0 Å².